The SMILES string of the molecule is COc1ccc(CCNC(=O)CCNc2cccc(Cl)c2C)cc1OC. The molecule has 140 valence electrons. The lowest BCUT2D eigenvalue weighted by molar-refractivity contribution is -0.120. The zero-order valence-corrected chi connectivity index (χ0v) is 16.2. The van der Waals surface area contributed by atoms with Crippen LogP contribution in [0.3, 0.4) is 0 Å². The van der Waals surface area contributed by atoms with Gasteiger partial charge in [0.25, 0.3) is 0 Å². The molecule has 0 heterocycles. The summed E-state index contributed by atoms with van der Waals surface area (Å²) < 4.78 is 10.5. The maximum atomic E-state index is 12.0. The fourth-order valence-corrected chi connectivity index (χ4v) is 2.76. The third-order valence-electron chi connectivity index (χ3n) is 4.12. The Morgan fingerprint density at radius 2 is 1.85 bits per heavy atom. The fraction of sp³-hybridized carbons (Fsp3) is 0.350. The molecule has 1 amide bonds. The first-order valence-electron chi connectivity index (χ1n) is 8.51. The number of carbonyl (C=O) groups excluding carboxylic acids is 1. The standard InChI is InChI=1S/C20H25ClN2O3/c1-14-16(21)5-4-6-17(14)22-12-10-20(24)23-11-9-15-7-8-18(25-2)19(13-15)26-3/h4-8,13,22H,9-12H2,1-3H3,(H,23,24). The van der Waals surface area contributed by atoms with Crippen molar-refractivity contribution < 1.29 is 14.3 Å². The van der Waals surface area contributed by atoms with Crippen molar-refractivity contribution in [2.75, 3.05) is 32.6 Å². The summed E-state index contributed by atoms with van der Waals surface area (Å²) >= 11 is 6.09. The number of halogens is 1. The maximum absolute atomic E-state index is 12.0. The van der Waals surface area contributed by atoms with Crippen LogP contribution in [0.1, 0.15) is 17.5 Å². The van der Waals surface area contributed by atoms with Crippen molar-refractivity contribution in [1.29, 1.82) is 0 Å². The number of hydrogen-bond donors (Lipinski definition) is 2. The molecule has 0 unspecified atom stereocenters. The summed E-state index contributed by atoms with van der Waals surface area (Å²) in [5.74, 6) is 1.40. The Morgan fingerprint density at radius 1 is 1.08 bits per heavy atom. The molecule has 2 aromatic rings. The van der Waals surface area contributed by atoms with E-state index in [-0.39, 0.29) is 5.91 Å². The van der Waals surface area contributed by atoms with E-state index in [0.717, 1.165) is 28.3 Å². The highest BCUT2D eigenvalue weighted by Crippen LogP contribution is 2.27. The number of hydrogen-bond acceptors (Lipinski definition) is 4. The Morgan fingerprint density at radius 3 is 2.58 bits per heavy atom. The number of benzene rings is 2. The minimum Gasteiger partial charge on any atom is -0.493 e. The minimum absolute atomic E-state index is 0.0117. The summed E-state index contributed by atoms with van der Waals surface area (Å²) in [7, 11) is 3.22. The van der Waals surface area contributed by atoms with Crippen molar-refractivity contribution in [1.82, 2.24) is 5.32 Å². The topological polar surface area (TPSA) is 59.6 Å². The van der Waals surface area contributed by atoms with Gasteiger partial charge in [-0.1, -0.05) is 23.7 Å². The second-order valence-electron chi connectivity index (χ2n) is 5.88. The van der Waals surface area contributed by atoms with Crippen molar-refractivity contribution in [2.24, 2.45) is 0 Å². The van der Waals surface area contributed by atoms with E-state index in [1.54, 1.807) is 14.2 Å². The third-order valence-corrected chi connectivity index (χ3v) is 4.53. The van der Waals surface area contributed by atoms with Gasteiger partial charge in [0, 0.05) is 30.2 Å². The minimum atomic E-state index is 0.0117. The van der Waals surface area contributed by atoms with Gasteiger partial charge in [0.1, 0.15) is 0 Å². The molecule has 0 saturated heterocycles. The first-order chi connectivity index (χ1) is 12.5. The first kappa shape index (κ1) is 19.9. The highest BCUT2D eigenvalue weighted by molar-refractivity contribution is 6.31. The molecule has 0 saturated carbocycles. The normalized spacial score (nSPS) is 10.3. The van der Waals surface area contributed by atoms with Gasteiger partial charge in [-0.2, -0.15) is 0 Å². The molecule has 0 aliphatic heterocycles. The molecule has 0 spiro atoms. The molecule has 5 nitrogen and oxygen atoms in total. The van der Waals surface area contributed by atoms with Crippen LogP contribution in [0.15, 0.2) is 36.4 Å². The summed E-state index contributed by atoms with van der Waals surface area (Å²) in [6.07, 6.45) is 1.13. The highest BCUT2D eigenvalue weighted by Gasteiger charge is 2.06. The average Bonchev–Trinajstić information content (AvgIpc) is 2.65. The Labute approximate surface area is 159 Å². The Kier molecular flexibility index (Phi) is 7.60. The molecule has 0 aliphatic rings. The van der Waals surface area contributed by atoms with E-state index in [1.807, 2.05) is 43.3 Å². The molecular weight excluding hydrogens is 352 g/mol. The van der Waals surface area contributed by atoms with E-state index in [1.165, 1.54) is 0 Å². The molecule has 0 atom stereocenters. The van der Waals surface area contributed by atoms with Crippen LogP contribution in [-0.2, 0) is 11.2 Å². The average molecular weight is 377 g/mol. The lowest BCUT2D eigenvalue weighted by Gasteiger charge is -2.11. The molecule has 0 radical (unpaired) electrons. The second kappa shape index (κ2) is 9.92. The predicted octanol–water partition coefficient (Wildman–Crippen LogP) is 3.83. The maximum Gasteiger partial charge on any atom is 0.221 e. The Hall–Kier alpha value is -2.40. The van der Waals surface area contributed by atoms with E-state index < -0.39 is 0 Å². The van der Waals surface area contributed by atoms with Crippen molar-refractivity contribution >= 4 is 23.2 Å². The number of nitrogens with one attached hydrogen (secondary N) is 2. The Bertz CT molecular complexity index is 750. The van der Waals surface area contributed by atoms with E-state index in [9.17, 15) is 4.79 Å². The van der Waals surface area contributed by atoms with Gasteiger partial charge in [0.15, 0.2) is 11.5 Å². The van der Waals surface area contributed by atoms with Crippen molar-refractivity contribution in [3.63, 3.8) is 0 Å². The molecule has 6 heteroatoms. The molecule has 2 N–H and O–H groups in total. The number of ether oxygens (including phenoxy) is 2. The molecule has 26 heavy (non-hydrogen) atoms. The number of amides is 1. The van der Waals surface area contributed by atoms with Crippen LogP contribution in [0.5, 0.6) is 11.5 Å². The molecular formula is C20H25ClN2O3. The van der Waals surface area contributed by atoms with Gasteiger partial charge in [-0.15, -0.1) is 0 Å². The van der Waals surface area contributed by atoms with Crippen LogP contribution in [0, 0.1) is 6.92 Å². The van der Waals surface area contributed by atoms with Crippen LogP contribution in [0.4, 0.5) is 5.69 Å². The summed E-state index contributed by atoms with van der Waals surface area (Å²) in [6, 6.07) is 11.5. The number of methoxy groups -OCH3 is 2. The van der Waals surface area contributed by atoms with Gasteiger partial charge in [-0.3, -0.25) is 4.79 Å². The lowest BCUT2D eigenvalue weighted by atomic mass is 10.1. The zero-order chi connectivity index (χ0) is 18.9. The zero-order valence-electron chi connectivity index (χ0n) is 15.4. The van der Waals surface area contributed by atoms with Crippen molar-refractivity contribution in [3.05, 3.63) is 52.5 Å². The Balaban J connectivity index is 1.73. The quantitative estimate of drug-likeness (QED) is 0.698. The summed E-state index contributed by atoms with van der Waals surface area (Å²) in [5, 5.41) is 6.89. The summed E-state index contributed by atoms with van der Waals surface area (Å²) in [4.78, 5) is 12.0. The fourth-order valence-electron chi connectivity index (χ4n) is 2.58. The van der Waals surface area contributed by atoms with Crippen LogP contribution < -0.4 is 20.1 Å². The van der Waals surface area contributed by atoms with E-state index >= 15 is 0 Å². The third kappa shape index (κ3) is 5.56. The highest BCUT2D eigenvalue weighted by atomic mass is 35.5. The smallest absolute Gasteiger partial charge is 0.221 e. The molecule has 0 aromatic heterocycles. The number of carbonyl (C=O) groups is 1. The second-order valence-corrected chi connectivity index (χ2v) is 6.29. The van der Waals surface area contributed by atoms with Gasteiger partial charge in [-0.05, 0) is 48.7 Å². The van der Waals surface area contributed by atoms with Gasteiger partial charge in [0.2, 0.25) is 5.91 Å². The number of anilines is 1. The van der Waals surface area contributed by atoms with Gasteiger partial charge < -0.3 is 20.1 Å². The summed E-state index contributed by atoms with van der Waals surface area (Å²) in [6.45, 7) is 3.09. The van der Waals surface area contributed by atoms with E-state index in [2.05, 4.69) is 10.6 Å². The molecule has 0 bridgehead atoms. The molecule has 0 fully saturated rings. The van der Waals surface area contributed by atoms with Crippen LogP contribution in [-0.4, -0.2) is 33.2 Å². The van der Waals surface area contributed by atoms with Crippen LogP contribution in [0.2, 0.25) is 5.02 Å². The van der Waals surface area contributed by atoms with Gasteiger partial charge >= 0.3 is 0 Å². The van der Waals surface area contributed by atoms with E-state index in [0.29, 0.717) is 31.0 Å². The molecule has 2 rings (SSSR count). The molecule has 0 aliphatic carbocycles. The monoisotopic (exact) mass is 376 g/mol. The largest absolute Gasteiger partial charge is 0.493 e. The van der Waals surface area contributed by atoms with Gasteiger partial charge in [-0.25, -0.2) is 0 Å². The lowest BCUT2D eigenvalue weighted by Crippen LogP contribution is -2.27. The van der Waals surface area contributed by atoms with Crippen LogP contribution >= 0.6 is 11.6 Å². The van der Waals surface area contributed by atoms with Crippen molar-refractivity contribution in [2.45, 2.75) is 19.8 Å². The van der Waals surface area contributed by atoms with Crippen LogP contribution in [0.25, 0.3) is 0 Å². The molecule has 2 aromatic carbocycles. The van der Waals surface area contributed by atoms with E-state index in [4.69, 9.17) is 21.1 Å². The number of rotatable bonds is 9. The van der Waals surface area contributed by atoms with Gasteiger partial charge in [0.05, 0.1) is 14.2 Å². The predicted molar refractivity (Wildman–Crippen MR) is 106 cm³/mol. The first-order valence-corrected chi connectivity index (χ1v) is 8.89. The summed E-state index contributed by atoms with van der Waals surface area (Å²) in [5.41, 5.74) is 3.02. The van der Waals surface area contributed by atoms with Crippen molar-refractivity contribution in [3.8, 4) is 11.5 Å².